The fraction of sp³-hybridized carbons (Fsp3) is 0.412. The van der Waals surface area contributed by atoms with Crippen LogP contribution in [0, 0.1) is 12.8 Å². The molecule has 0 radical (unpaired) electrons. The average molecular weight is 854 g/mol. The number of carbonyl (C=O) groups excluding carboxylic acids is 3. The molecule has 4 saturated heterocycles. The molecule has 2 amide bonds. The third kappa shape index (κ3) is 10.4. The summed E-state index contributed by atoms with van der Waals surface area (Å²) in [4.78, 5) is 62.2. The molecule has 2 atom stereocenters. The van der Waals surface area contributed by atoms with Gasteiger partial charge in [0, 0.05) is 50.7 Å². The zero-order valence-corrected chi connectivity index (χ0v) is 36.1. The van der Waals surface area contributed by atoms with E-state index in [-0.39, 0.29) is 60.1 Å². The SMILES string of the molecule is Cc1cccc(CN(CCCNC[C@H](O)c2ccc(O)c3[nH]c(=O)ccc23)C(=O)Cc2ccc(CC(=O)N3CCC(C(=O)O[C@H]4CN5CCC4CC5)(c4ccccc4)CC3)cc2)c1. The summed E-state index contributed by atoms with van der Waals surface area (Å²) in [6.45, 7) is 7.73. The summed E-state index contributed by atoms with van der Waals surface area (Å²) in [5, 5.41) is 25.1. The van der Waals surface area contributed by atoms with Gasteiger partial charge in [0.25, 0.3) is 0 Å². The maximum atomic E-state index is 14.1. The molecule has 63 heavy (non-hydrogen) atoms. The molecule has 0 unspecified atom stereocenters. The molecule has 12 heteroatoms. The van der Waals surface area contributed by atoms with Gasteiger partial charge in [0.2, 0.25) is 17.4 Å². The van der Waals surface area contributed by atoms with Gasteiger partial charge < -0.3 is 35.1 Å². The van der Waals surface area contributed by atoms with Crippen LogP contribution in [0.5, 0.6) is 5.75 Å². The summed E-state index contributed by atoms with van der Waals surface area (Å²) in [6, 6.07) is 31.9. The predicted molar refractivity (Wildman–Crippen MR) is 242 cm³/mol. The number of aromatic hydroxyl groups is 1. The van der Waals surface area contributed by atoms with Gasteiger partial charge in [-0.25, -0.2) is 0 Å². The van der Waals surface area contributed by atoms with Gasteiger partial charge in [-0.3, -0.25) is 24.1 Å². The summed E-state index contributed by atoms with van der Waals surface area (Å²) >= 11 is 0. The number of nitrogens with zero attached hydrogens (tertiary/aromatic N) is 3. The topological polar surface area (TPSA) is 156 Å². The van der Waals surface area contributed by atoms with Crippen molar-refractivity contribution < 1.29 is 29.3 Å². The van der Waals surface area contributed by atoms with Gasteiger partial charge in [0.1, 0.15) is 11.9 Å². The van der Waals surface area contributed by atoms with Gasteiger partial charge in [-0.05, 0) is 105 Å². The zero-order chi connectivity index (χ0) is 43.9. The van der Waals surface area contributed by atoms with Gasteiger partial charge in [-0.2, -0.15) is 0 Å². The zero-order valence-electron chi connectivity index (χ0n) is 36.1. The fourth-order valence-electron chi connectivity index (χ4n) is 9.76. The molecule has 0 spiro atoms. The molecule has 4 aliphatic rings. The quantitative estimate of drug-likeness (QED) is 0.0738. The summed E-state index contributed by atoms with van der Waals surface area (Å²) in [5.41, 5.74) is 4.62. The first kappa shape index (κ1) is 43.8. The number of aromatic amines is 1. The Kier molecular flexibility index (Phi) is 13.7. The minimum Gasteiger partial charge on any atom is -0.506 e. The monoisotopic (exact) mass is 853 g/mol. The van der Waals surface area contributed by atoms with Gasteiger partial charge in [-0.1, -0.05) is 90.5 Å². The lowest BCUT2D eigenvalue weighted by Gasteiger charge is -2.46. The van der Waals surface area contributed by atoms with E-state index in [9.17, 15) is 29.4 Å². The lowest BCUT2D eigenvalue weighted by atomic mass is 9.72. The van der Waals surface area contributed by atoms with Gasteiger partial charge >= 0.3 is 5.97 Å². The number of likely N-dealkylation sites (tertiary alicyclic amines) is 1. The molecule has 330 valence electrons. The summed E-state index contributed by atoms with van der Waals surface area (Å²) < 4.78 is 6.33. The number of H-pyrrole nitrogens is 1. The Hall–Kier alpha value is -5.82. The van der Waals surface area contributed by atoms with Crippen molar-refractivity contribution in [3.05, 3.63) is 147 Å². The number of piperidine rings is 4. The number of nitrogens with one attached hydrogen (secondary N) is 2. The Morgan fingerprint density at radius 3 is 2.30 bits per heavy atom. The molecular weight excluding hydrogens is 795 g/mol. The number of ether oxygens (including phenoxy) is 1. The first-order chi connectivity index (χ1) is 30.5. The first-order valence-electron chi connectivity index (χ1n) is 22.5. The van der Waals surface area contributed by atoms with Crippen LogP contribution in [0.1, 0.15) is 71.6 Å². The molecule has 4 aromatic carbocycles. The lowest BCUT2D eigenvalue weighted by Crippen LogP contribution is -2.55. The number of hydrogen-bond donors (Lipinski definition) is 4. The molecule has 2 bridgehead atoms. The second-order valence-electron chi connectivity index (χ2n) is 17.7. The minimum absolute atomic E-state index is 0.00725. The Morgan fingerprint density at radius 1 is 0.873 bits per heavy atom. The number of aryl methyl sites for hydroxylation is 1. The highest BCUT2D eigenvalue weighted by Crippen LogP contribution is 2.39. The van der Waals surface area contributed by atoms with Crippen LogP contribution < -0.4 is 10.9 Å². The standard InChI is InChI=1S/C51H59N5O7/c1-35-7-5-8-38(29-35)33-56(24-6-23-52-32-44(58)41-15-17-43(57)49-42(41)16-18-46(59)53-49)48(61)31-37-13-11-36(12-14-37)30-47(60)55-27-21-51(22-28-55,40-9-3-2-4-10-40)50(62)63-45-34-54-25-19-39(45)20-26-54/h2-5,7-18,29,39,44-45,52,57-58H,6,19-28,30-34H2,1H3,(H,53,59)/t44-,45-/m0/s1. The number of aromatic nitrogens is 1. The molecule has 4 N–H and O–H groups in total. The Labute approximate surface area is 368 Å². The Bertz CT molecular complexity index is 2440. The summed E-state index contributed by atoms with van der Waals surface area (Å²) in [6.07, 6.45) is 3.33. The first-order valence-corrected chi connectivity index (χ1v) is 22.5. The van der Waals surface area contributed by atoms with Crippen molar-refractivity contribution in [1.82, 2.24) is 25.0 Å². The van der Waals surface area contributed by atoms with Crippen molar-refractivity contribution in [3.8, 4) is 5.75 Å². The van der Waals surface area contributed by atoms with E-state index in [4.69, 9.17) is 4.74 Å². The van der Waals surface area contributed by atoms with E-state index in [1.165, 1.54) is 12.1 Å². The van der Waals surface area contributed by atoms with Crippen molar-refractivity contribution in [3.63, 3.8) is 0 Å². The van der Waals surface area contributed by atoms with Gasteiger partial charge in [0.05, 0.1) is 29.9 Å². The normalized spacial score (nSPS) is 19.7. The molecule has 5 aromatic rings. The number of phenolic OH excluding ortho intramolecular Hbond substituents is 1. The van der Waals surface area contributed by atoms with E-state index >= 15 is 0 Å². The molecular formula is C51H59N5O7. The number of rotatable bonds is 16. The second-order valence-corrected chi connectivity index (χ2v) is 17.7. The number of pyridine rings is 1. The van der Waals surface area contributed by atoms with E-state index < -0.39 is 11.5 Å². The van der Waals surface area contributed by atoms with Gasteiger partial charge in [-0.15, -0.1) is 0 Å². The van der Waals surface area contributed by atoms with Crippen LogP contribution in [-0.4, -0.2) is 106 Å². The minimum atomic E-state index is -0.878. The number of benzene rings is 4. The molecule has 9 rings (SSSR count). The summed E-state index contributed by atoms with van der Waals surface area (Å²) in [5.74, 6) is 0.220. The molecule has 0 aliphatic carbocycles. The molecule has 12 nitrogen and oxygen atoms in total. The third-order valence-corrected chi connectivity index (χ3v) is 13.5. The van der Waals surface area contributed by atoms with Crippen LogP contribution in [0.3, 0.4) is 0 Å². The average Bonchev–Trinajstić information content (AvgIpc) is 3.30. The predicted octanol–water partition coefficient (Wildman–Crippen LogP) is 5.57. The van der Waals surface area contributed by atoms with E-state index in [1.54, 1.807) is 12.1 Å². The van der Waals surface area contributed by atoms with Crippen LogP contribution in [0.4, 0.5) is 0 Å². The number of aliphatic hydroxyl groups is 1. The molecule has 1 aromatic heterocycles. The van der Waals surface area contributed by atoms with Crippen molar-refractivity contribution in [2.45, 2.75) is 76.0 Å². The molecule has 4 aliphatic heterocycles. The van der Waals surface area contributed by atoms with Crippen LogP contribution in [0.15, 0.2) is 108 Å². The molecule has 5 heterocycles. The largest absolute Gasteiger partial charge is 0.506 e. The van der Waals surface area contributed by atoms with Crippen molar-refractivity contribution in [2.75, 3.05) is 52.4 Å². The van der Waals surface area contributed by atoms with Crippen molar-refractivity contribution in [1.29, 1.82) is 0 Å². The number of carbonyl (C=O) groups is 3. The van der Waals surface area contributed by atoms with E-state index in [2.05, 4.69) is 21.3 Å². The Morgan fingerprint density at radius 2 is 1.60 bits per heavy atom. The highest BCUT2D eigenvalue weighted by molar-refractivity contribution is 5.87. The van der Waals surface area contributed by atoms with Crippen molar-refractivity contribution in [2.24, 2.45) is 5.92 Å². The number of amides is 2. The number of aliphatic hydroxyl groups excluding tert-OH is 1. The highest BCUT2D eigenvalue weighted by Gasteiger charge is 2.47. The van der Waals surface area contributed by atoms with Crippen molar-refractivity contribution >= 4 is 28.7 Å². The third-order valence-electron chi connectivity index (χ3n) is 13.5. The Balaban J connectivity index is 0.843. The van der Waals surface area contributed by atoms with Crippen LogP contribution in [0.2, 0.25) is 0 Å². The smallest absolute Gasteiger partial charge is 0.317 e. The van der Waals surface area contributed by atoms with E-state index in [0.717, 1.165) is 60.3 Å². The number of hydrogen-bond acceptors (Lipinski definition) is 9. The number of phenols is 1. The second kappa shape index (κ2) is 19.7. The van der Waals surface area contributed by atoms with Gasteiger partial charge in [0.15, 0.2) is 0 Å². The van der Waals surface area contributed by atoms with Crippen LogP contribution in [0.25, 0.3) is 10.9 Å². The van der Waals surface area contributed by atoms with Crippen LogP contribution >= 0.6 is 0 Å². The highest BCUT2D eigenvalue weighted by atomic mass is 16.5. The van der Waals surface area contributed by atoms with E-state index in [1.807, 2.05) is 89.5 Å². The molecule has 0 saturated carbocycles. The number of esters is 1. The number of fused-ring (bicyclic) bond motifs is 4. The van der Waals surface area contributed by atoms with Crippen LogP contribution in [-0.2, 0) is 43.9 Å². The fourth-order valence-corrected chi connectivity index (χ4v) is 9.76. The maximum absolute atomic E-state index is 14.1. The lowest BCUT2D eigenvalue weighted by molar-refractivity contribution is -0.168. The summed E-state index contributed by atoms with van der Waals surface area (Å²) in [7, 11) is 0. The van der Waals surface area contributed by atoms with E-state index in [0.29, 0.717) is 68.9 Å². The maximum Gasteiger partial charge on any atom is 0.317 e. The molecule has 4 fully saturated rings.